The van der Waals surface area contributed by atoms with Crippen LogP contribution in [0.1, 0.15) is 35.7 Å². The van der Waals surface area contributed by atoms with E-state index in [1.165, 1.54) is 0 Å². The molecule has 23 heavy (non-hydrogen) atoms. The number of benzene rings is 1. The lowest BCUT2D eigenvalue weighted by Crippen LogP contribution is -2.38. The summed E-state index contributed by atoms with van der Waals surface area (Å²) in [6.45, 7) is 5.08. The maximum absolute atomic E-state index is 12.8. The number of hydrogen-bond acceptors (Lipinski definition) is 3. The molecular weight excluding hydrogens is 290 g/mol. The summed E-state index contributed by atoms with van der Waals surface area (Å²) in [5.41, 5.74) is 2.64. The van der Waals surface area contributed by atoms with Crippen LogP contribution in [0.15, 0.2) is 30.5 Å². The van der Waals surface area contributed by atoms with Gasteiger partial charge >= 0.3 is 0 Å². The van der Waals surface area contributed by atoms with Crippen LogP contribution < -0.4 is 5.32 Å². The van der Waals surface area contributed by atoms with Crippen molar-refractivity contribution in [2.24, 2.45) is 0 Å². The van der Waals surface area contributed by atoms with Gasteiger partial charge in [-0.15, -0.1) is 0 Å². The Morgan fingerprint density at radius 2 is 2.17 bits per heavy atom. The number of nitrogens with zero attached hydrogens (tertiary/aromatic N) is 2. The van der Waals surface area contributed by atoms with Gasteiger partial charge in [-0.1, -0.05) is 19.1 Å². The van der Waals surface area contributed by atoms with Crippen LogP contribution in [0, 0.1) is 6.92 Å². The van der Waals surface area contributed by atoms with Crippen molar-refractivity contribution < 1.29 is 9.59 Å². The molecule has 0 bridgehead atoms. The molecule has 1 fully saturated rings. The van der Waals surface area contributed by atoms with E-state index in [0.29, 0.717) is 25.1 Å². The van der Waals surface area contributed by atoms with Crippen LogP contribution in [0.2, 0.25) is 0 Å². The summed E-state index contributed by atoms with van der Waals surface area (Å²) in [5, 5.41) is 3.84. The van der Waals surface area contributed by atoms with E-state index in [4.69, 9.17) is 0 Å². The second-order valence-corrected chi connectivity index (χ2v) is 6.04. The molecule has 5 heteroatoms. The molecule has 1 unspecified atom stereocenters. The van der Waals surface area contributed by atoms with E-state index in [1.807, 2.05) is 36.9 Å². The molecule has 0 saturated carbocycles. The fourth-order valence-electron chi connectivity index (χ4n) is 3.01. The van der Waals surface area contributed by atoms with Crippen LogP contribution in [0.3, 0.4) is 0 Å². The number of carbonyl (C=O) groups excluding carboxylic acids is 2. The minimum atomic E-state index is 0.00880. The number of pyridine rings is 1. The van der Waals surface area contributed by atoms with E-state index >= 15 is 0 Å². The van der Waals surface area contributed by atoms with E-state index in [9.17, 15) is 9.59 Å². The van der Waals surface area contributed by atoms with Gasteiger partial charge in [-0.3, -0.25) is 14.6 Å². The highest BCUT2D eigenvalue weighted by Crippen LogP contribution is 2.21. The van der Waals surface area contributed by atoms with Crippen LogP contribution in [-0.2, 0) is 4.79 Å². The molecule has 2 aromatic rings. The largest absolute Gasteiger partial charge is 0.352 e. The van der Waals surface area contributed by atoms with Crippen molar-refractivity contribution in [1.82, 2.24) is 15.2 Å². The molecule has 2 heterocycles. The summed E-state index contributed by atoms with van der Waals surface area (Å²) in [4.78, 5) is 30.5. The van der Waals surface area contributed by atoms with Crippen LogP contribution in [-0.4, -0.2) is 40.8 Å². The molecule has 5 nitrogen and oxygen atoms in total. The average molecular weight is 311 g/mol. The van der Waals surface area contributed by atoms with Gasteiger partial charge in [-0.25, -0.2) is 0 Å². The molecule has 0 aliphatic carbocycles. The van der Waals surface area contributed by atoms with E-state index in [0.717, 1.165) is 22.9 Å². The van der Waals surface area contributed by atoms with Crippen molar-refractivity contribution in [2.75, 3.05) is 13.1 Å². The van der Waals surface area contributed by atoms with Crippen molar-refractivity contribution in [3.8, 4) is 0 Å². The summed E-state index contributed by atoms with van der Waals surface area (Å²) in [7, 11) is 0. The number of rotatable bonds is 3. The first-order valence-corrected chi connectivity index (χ1v) is 8.02. The Balaban J connectivity index is 1.80. The number of carbonyl (C=O) groups is 2. The van der Waals surface area contributed by atoms with Crippen molar-refractivity contribution in [3.05, 3.63) is 41.6 Å². The Hall–Kier alpha value is -2.43. The summed E-state index contributed by atoms with van der Waals surface area (Å²) in [6.07, 6.45) is 2.96. The average Bonchev–Trinajstić information content (AvgIpc) is 3.01. The quantitative estimate of drug-likeness (QED) is 0.946. The third-order valence-corrected chi connectivity index (χ3v) is 4.29. The molecule has 1 aromatic carbocycles. The smallest absolute Gasteiger partial charge is 0.254 e. The fourth-order valence-corrected chi connectivity index (χ4v) is 3.01. The molecule has 1 N–H and O–H groups in total. The first-order valence-electron chi connectivity index (χ1n) is 8.02. The van der Waals surface area contributed by atoms with Crippen LogP contribution in [0.25, 0.3) is 10.9 Å². The van der Waals surface area contributed by atoms with Gasteiger partial charge in [0, 0.05) is 37.1 Å². The van der Waals surface area contributed by atoms with Crippen LogP contribution >= 0.6 is 0 Å². The summed E-state index contributed by atoms with van der Waals surface area (Å²) >= 11 is 0. The number of amides is 2. The maximum atomic E-state index is 12.8. The van der Waals surface area contributed by atoms with E-state index in [2.05, 4.69) is 10.3 Å². The van der Waals surface area contributed by atoms with E-state index in [-0.39, 0.29) is 17.9 Å². The number of aromatic nitrogens is 1. The molecule has 1 aliphatic heterocycles. The number of hydrogen-bond donors (Lipinski definition) is 1. The molecule has 3 rings (SSSR count). The van der Waals surface area contributed by atoms with Crippen molar-refractivity contribution in [3.63, 3.8) is 0 Å². The Morgan fingerprint density at radius 1 is 1.35 bits per heavy atom. The van der Waals surface area contributed by atoms with Gasteiger partial charge in [0.05, 0.1) is 11.1 Å². The summed E-state index contributed by atoms with van der Waals surface area (Å²) in [5.74, 6) is 0.0450. The van der Waals surface area contributed by atoms with E-state index in [1.54, 1.807) is 12.3 Å². The summed E-state index contributed by atoms with van der Waals surface area (Å²) in [6, 6.07) is 7.77. The standard InChI is InChI=1S/C18H21N3O2/c1-3-17(22)20-13-7-9-21(11-13)18(23)15-6-8-19-16-10-12(2)4-5-14(15)16/h4-6,8,10,13H,3,7,9,11H2,1-2H3,(H,20,22). The first-order chi connectivity index (χ1) is 11.1. The zero-order chi connectivity index (χ0) is 16.4. The van der Waals surface area contributed by atoms with Crippen molar-refractivity contribution in [2.45, 2.75) is 32.7 Å². The van der Waals surface area contributed by atoms with Gasteiger partial charge in [0.2, 0.25) is 5.91 Å². The Labute approximate surface area is 135 Å². The Kier molecular flexibility index (Phi) is 4.28. The second-order valence-electron chi connectivity index (χ2n) is 6.04. The molecule has 1 saturated heterocycles. The SMILES string of the molecule is CCC(=O)NC1CCN(C(=O)c2ccnc3cc(C)ccc23)C1. The highest BCUT2D eigenvalue weighted by molar-refractivity contribution is 6.06. The predicted molar refractivity (Wildman–Crippen MR) is 89.2 cm³/mol. The van der Waals surface area contributed by atoms with Gasteiger partial charge in [0.25, 0.3) is 5.91 Å². The van der Waals surface area contributed by atoms with Crippen LogP contribution in [0.5, 0.6) is 0 Å². The molecule has 1 atom stereocenters. The van der Waals surface area contributed by atoms with E-state index < -0.39 is 0 Å². The van der Waals surface area contributed by atoms with Gasteiger partial charge in [-0.05, 0) is 31.0 Å². The molecule has 120 valence electrons. The normalized spacial score (nSPS) is 17.5. The first kappa shape index (κ1) is 15.5. The number of likely N-dealkylation sites (tertiary alicyclic amines) is 1. The zero-order valence-corrected chi connectivity index (χ0v) is 13.5. The lowest BCUT2D eigenvalue weighted by Gasteiger charge is -2.18. The number of fused-ring (bicyclic) bond motifs is 1. The Morgan fingerprint density at radius 3 is 2.96 bits per heavy atom. The van der Waals surface area contributed by atoms with Gasteiger partial charge in [-0.2, -0.15) is 0 Å². The van der Waals surface area contributed by atoms with Crippen molar-refractivity contribution >= 4 is 22.7 Å². The van der Waals surface area contributed by atoms with Crippen LogP contribution in [0.4, 0.5) is 0 Å². The fraction of sp³-hybridized carbons (Fsp3) is 0.389. The van der Waals surface area contributed by atoms with Gasteiger partial charge < -0.3 is 10.2 Å². The third-order valence-electron chi connectivity index (χ3n) is 4.29. The molecule has 1 aromatic heterocycles. The molecule has 0 spiro atoms. The monoisotopic (exact) mass is 311 g/mol. The molecule has 1 aliphatic rings. The zero-order valence-electron chi connectivity index (χ0n) is 13.5. The third kappa shape index (κ3) is 3.18. The minimum Gasteiger partial charge on any atom is -0.352 e. The number of aryl methyl sites for hydroxylation is 1. The number of nitrogens with one attached hydrogen (secondary N) is 1. The van der Waals surface area contributed by atoms with Gasteiger partial charge in [0.15, 0.2) is 0 Å². The van der Waals surface area contributed by atoms with Crippen molar-refractivity contribution in [1.29, 1.82) is 0 Å². The minimum absolute atomic E-state index is 0.00880. The van der Waals surface area contributed by atoms with Gasteiger partial charge in [0.1, 0.15) is 0 Å². The molecule has 2 amide bonds. The Bertz CT molecular complexity index is 757. The lowest BCUT2D eigenvalue weighted by atomic mass is 10.1. The molecular formula is C18H21N3O2. The lowest BCUT2D eigenvalue weighted by molar-refractivity contribution is -0.121. The maximum Gasteiger partial charge on any atom is 0.254 e. The molecule has 0 radical (unpaired) electrons. The second kappa shape index (κ2) is 6.36. The predicted octanol–water partition coefficient (Wildman–Crippen LogP) is 2.28. The summed E-state index contributed by atoms with van der Waals surface area (Å²) < 4.78 is 0. The highest BCUT2D eigenvalue weighted by atomic mass is 16.2. The topological polar surface area (TPSA) is 62.3 Å². The highest BCUT2D eigenvalue weighted by Gasteiger charge is 2.28.